The standard InChI is InChI=1S/C18H20N2OS/c1-4-5-15(21)16-10-13-11-19-17(18(13)22-16)12-6-8-14(9-7-12)20(2)3/h6-10H,4-5,11H2,1-3H3. The Hall–Kier alpha value is -1.94. The van der Waals surface area contributed by atoms with Crippen LogP contribution in [0.2, 0.25) is 0 Å². The maximum absolute atomic E-state index is 12.1. The zero-order chi connectivity index (χ0) is 15.7. The highest BCUT2D eigenvalue weighted by Crippen LogP contribution is 2.32. The number of ketones is 1. The zero-order valence-electron chi connectivity index (χ0n) is 13.2. The number of carbonyl (C=O) groups is 1. The number of benzene rings is 1. The van der Waals surface area contributed by atoms with Gasteiger partial charge in [0.05, 0.1) is 22.0 Å². The van der Waals surface area contributed by atoms with Gasteiger partial charge in [-0.1, -0.05) is 19.1 Å². The Balaban J connectivity index is 1.89. The minimum atomic E-state index is 0.254. The first-order valence-electron chi connectivity index (χ1n) is 7.58. The Labute approximate surface area is 135 Å². The van der Waals surface area contributed by atoms with Crippen molar-refractivity contribution in [2.45, 2.75) is 26.3 Å². The Morgan fingerprint density at radius 2 is 2.00 bits per heavy atom. The Morgan fingerprint density at radius 3 is 2.64 bits per heavy atom. The molecule has 0 saturated heterocycles. The van der Waals surface area contributed by atoms with E-state index in [2.05, 4.69) is 34.2 Å². The molecule has 3 nitrogen and oxygen atoms in total. The van der Waals surface area contributed by atoms with E-state index in [1.807, 2.05) is 27.1 Å². The summed E-state index contributed by atoms with van der Waals surface area (Å²) in [6, 6.07) is 10.5. The van der Waals surface area contributed by atoms with Crippen LogP contribution in [-0.4, -0.2) is 25.6 Å². The average Bonchev–Trinajstić information content (AvgIpc) is 3.07. The summed E-state index contributed by atoms with van der Waals surface area (Å²) < 4.78 is 0. The maximum Gasteiger partial charge on any atom is 0.172 e. The van der Waals surface area contributed by atoms with Crippen LogP contribution in [0.1, 0.15) is 45.4 Å². The van der Waals surface area contributed by atoms with E-state index < -0.39 is 0 Å². The van der Waals surface area contributed by atoms with Gasteiger partial charge in [-0.05, 0) is 30.2 Å². The number of hydrogen-bond acceptors (Lipinski definition) is 4. The molecule has 0 radical (unpaired) electrons. The largest absolute Gasteiger partial charge is 0.378 e. The number of thiophene rings is 1. The number of Topliss-reactive ketones (excluding diaryl/α,β-unsaturated/α-hetero) is 1. The van der Waals surface area contributed by atoms with Gasteiger partial charge in [0, 0.05) is 31.8 Å². The molecule has 114 valence electrons. The fraction of sp³-hybridized carbons (Fsp3) is 0.333. The molecular weight excluding hydrogens is 292 g/mol. The van der Waals surface area contributed by atoms with Crippen LogP contribution < -0.4 is 4.90 Å². The molecule has 1 aliphatic rings. The molecule has 2 heterocycles. The lowest BCUT2D eigenvalue weighted by molar-refractivity contribution is 0.0985. The van der Waals surface area contributed by atoms with Crippen molar-refractivity contribution in [3.8, 4) is 0 Å². The van der Waals surface area contributed by atoms with Gasteiger partial charge in [0.1, 0.15) is 0 Å². The van der Waals surface area contributed by atoms with E-state index in [9.17, 15) is 4.79 Å². The maximum atomic E-state index is 12.1. The molecule has 2 aromatic rings. The topological polar surface area (TPSA) is 32.7 Å². The number of rotatable bonds is 5. The monoisotopic (exact) mass is 312 g/mol. The molecule has 3 rings (SSSR count). The molecule has 0 spiro atoms. The fourth-order valence-corrected chi connectivity index (χ4v) is 3.78. The first kappa shape index (κ1) is 15.0. The molecule has 22 heavy (non-hydrogen) atoms. The summed E-state index contributed by atoms with van der Waals surface area (Å²) >= 11 is 1.59. The van der Waals surface area contributed by atoms with E-state index in [0.717, 1.165) is 27.5 Å². The van der Waals surface area contributed by atoms with E-state index in [1.165, 1.54) is 11.3 Å². The van der Waals surface area contributed by atoms with Gasteiger partial charge >= 0.3 is 0 Å². The first-order chi connectivity index (χ1) is 10.6. The van der Waals surface area contributed by atoms with Crippen LogP contribution in [0.25, 0.3) is 0 Å². The number of anilines is 1. The minimum absolute atomic E-state index is 0.254. The molecule has 0 atom stereocenters. The second-order valence-electron chi connectivity index (χ2n) is 5.74. The normalized spacial score (nSPS) is 13.0. The summed E-state index contributed by atoms with van der Waals surface area (Å²) in [4.78, 5) is 20.9. The number of carbonyl (C=O) groups excluding carboxylic acids is 1. The Bertz CT molecular complexity index is 726. The molecule has 0 bridgehead atoms. The molecule has 0 amide bonds. The Kier molecular flexibility index (Phi) is 4.12. The molecule has 1 aromatic carbocycles. The molecular formula is C18H20N2OS. The minimum Gasteiger partial charge on any atom is -0.378 e. The van der Waals surface area contributed by atoms with E-state index in [1.54, 1.807) is 11.3 Å². The smallest absolute Gasteiger partial charge is 0.172 e. The first-order valence-corrected chi connectivity index (χ1v) is 8.40. The summed E-state index contributed by atoms with van der Waals surface area (Å²) in [5.41, 5.74) is 4.52. The molecule has 1 aromatic heterocycles. The van der Waals surface area contributed by atoms with Crippen LogP contribution >= 0.6 is 11.3 Å². The summed E-state index contributed by atoms with van der Waals surface area (Å²) in [6.07, 6.45) is 1.53. The van der Waals surface area contributed by atoms with E-state index in [0.29, 0.717) is 13.0 Å². The number of aliphatic imine (C=N–C) groups is 1. The van der Waals surface area contributed by atoms with Crippen LogP contribution in [0.4, 0.5) is 5.69 Å². The molecule has 0 fully saturated rings. The number of fused-ring (bicyclic) bond motifs is 1. The van der Waals surface area contributed by atoms with Crippen molar-refractivity contribution in [3.05, 3.63) is 51.2 Å². The third-order valence-electron chi connectivity index (χ3n) is 3.84. The lowest BCUT2D eigenvalue weighted by Crippen LogP contribution is -2.08. The molecule has 0 N–H and O–H groups in total. The van der Waals surface area contributed by atoms with Crippen molar-refractivity contribution in [2.75, 3.05) is 19.0 Å². The van der Waals surface area contributed by atoms with Crippen molar-refractivity contribution >= 4 is 28.5 Å². The van der Waals surface area contributed by atoms with Crippen molar-refractivity contribution < 1.29 is 4.79 Å². The van der Waals surface area contributed by atoms with Crippen molar-refractivity contribution in [2.24, 2.45) is 4.99 Å². The van der Waals surface area contributed by atoms with Gasteiger partial charge in [-0.2, -0.15) is 0 Å². The quantitative estimate of drug-likeness (QED) is 0.777. The predicted octanol–water partition coefficient (Wildman–Crippen LogP) is 4.15. The lowest BCUT2D eigenvalue weighted by Gasteiger charge is -2.12. The van der Waals surface area contributed by atoms with Gasteiger partial charge in [0.2, 0.25) is 0 Å². The second kappa shape index (κ2) is 6.05. The fourth-order valence-electron chi connectivity index (χ4n) is 2.61. The van der Waals surface area contributed by atoms with Crippen LogP contribution in [0.3, 0.4) is 0 Å². The zero-order valence-corrected chi connectivity index (χ0v) is 14.0. The molecule has 1 aliphatic heterocycles. The van der Waals surface area contributed by atoms with Gasteiger partial charge in [0.15, 0.2) is 5.78 Å². The lowest BCUT2D eigenvalue weighted by atomic mass is 10.1. The average molecular weight is 312 g/mol. The molecule has 0 aliphatic carbocycles. The van der Waals surface area contributed by atoms with E-state index >= 15 is 0 Å². The van der Waals surface area contributed by atoms with Gasteiger partial charge in [0.25, 0.3) is 0 Å². The second-order valence-corrected chi connectivity index (χ2v) is 6.80. The van der Waals surface area contributed by atoms with Crippen molar-refractivity contribution in [1.29, 1.82) is 0 Å². The highest BCUT2D eigenvalue weighted by Gasteiger charge is 2.23. The van der Waals surface area contributed by atoms with Crippen LogP contribution in [-0.2, 0) is 6.54 Å². The van der Waals surface area contributed by atoms with Crippen molar-refractivity contribution in [3.63, 3.8) is 0 Å². The van der Waals surface area contributed by atoms with E-state index in [-0.39, 0.29) is 5.78 Å². The molecule has 4 heteroatoms. The van der Waals surface area contributed by atoms with Crippen molar-refractivity contribution in [1.82, 2.24) is 0 Å². The SMILES string of the molecule is CCCC(=O)c1cc2c(s1)C(c1ccc(N(C)C)cc1)=NC2. The van der Waals surface area contributed by atoms with Gasteiger partial charge in [-0.15, -0.1) is 11.3 Å². The van der Waals surface area contributed by atoms with Crippen LogP contribution in [0, 0.1) is 0 Å². The Morgan fingerprint density at radius 1 is 1.27 bits per heavy atom. The summed E-state index contributed by atoms with van der Waals surface area (Å²) in [5.74, 6) is 0.254. The van der Waals surface area contributed by atoms with E-state index in [4.69, 9.17) is 0 Å². The third kappa shape index (κ3) is 2.71. The van der Waals surface area contributed by atoms with Gasteiger partial charge < -0.3 is 4.90 Å². The predicted molar refractivity (Wildman–Crippen MR) is 93.7 cm³/mol. The van der Waals surface area contributed by atoms with Gasteiger partial charge in [-0.3, -0.25) is 9.79 Å². The van der Waals surface area contributed by atoms with Crippen LogP contribution in [0.5, 0.6) is 0 Å². The molecule has 0 unspecified atom stereocenters. The number of hydrogen-bond donors (Lipinski definition) is 0. The summed E-state index contributed by atoms with van der Waals surface area (Å²) in [5, 5.41) is 0. The molecule has 0 saturated carbocycles. The summed E-state index contributed by atoms with van der Waals surface area (Å²) in [7, 11) is 4.07. The highest BCUT2D eigenvalue weighted by atomic mass is 32.1. The summed E-state index contributed by atoms with van der Waals surface area (Å²) in [6.45, 7) is 2.73. The van der Waals surface area contributed by atoms with Gasteiger partial charge in [-0.25, -0.2) is 0 Å². The van der Waals surface area contributed by atoms with Crippen LogP contribution in [0.15, 0.2) is 35.3 Å². The third-order valence-corrected chi connectivity index (χ3v) is 5.07. The number of nitrogens with zero attached hydrogens (tertiary/aromatic N) is 2. The highest BCUT2D eigenvalue weighted by molar-refractivity contribution is 7.16.